The number of benzene rings is 1. The molecule has 1 N–H and O–H groups in total. The number of rotatable bonds is 3. The molecule has 3 nitrogen and oxygen atoms in total. The summed E-state index contributed by atoms with van der Waals surface area (Å²) in [5.74, 6) is 0.279. The van der Waals surface area contributed by atoms with E-state index in [-0.39, 0.29) is 5.82 Å². The van der Waals surface area contributed by atoms with Crippen molar-refractivity contribution in [2.24, 2.45) is 0 Å². The van der Waals surface area contributed by atoms with E-state index in [1.54, 1.807) is 18.5 Å². The molecule has 0 saturated heterocycles. The molecule has 88 valence electrons. The Kier molecular flexibility index (Phi) is 3.68. The van der Waals surface area contributed by atoms with E-state index in [9.17, 15) is 4.39 Å². The Morgan fingerprint density at radius 3 is 2.71 bits per heavy atom. The van der Waals surface area contributed by atoms with Crippen molar-refractivity contribution in [3.05, 3.63) is 52.0 Å². The molecule has 0 aliphatic rings. The Balaban J connectivity index is 2.07. The Morgan fingerprint density at radius 2 is 2.00 bits per heavy atom. The van der Waals surface area contributed by atoms with Gasteiger partial charge < -0.3 is 5.32 Å². The standard InChI is InChI=1S/C12H11BrFN3/c1-8-5-15-12(16-6-8)17-7-9-4-10(14)2-3-11(9)13/h2-6H,7H2,1H3,(H,15,16,17). The van der Waals surface area contributed by atoms with Gasteiger partial charge in [-0.15, -0.1) is 0 Å². The lowest BCUT2D eigenvalue weighted by molar-refractivity contribution is 0.625. The molecule has 0 amide bonds. The zero-order valence-corrected chi connectivity index (χ0v) is 10.8. The molecule has 0 atom stereocenters. The van der Waals surface area contributed by atoms with Crippen LogP contribution >= 0.6 is 15.9 Å². The first-order valence-corrected chi connectivity index (χ1v) is 5.91. The van der Waals surface area contributed by atoms with Crippen LogP contribution < -0.4 is 5.32 Å². The molecule has 0 saturated carbocycles. The van der Waals surface area contributed by atoms with Crippen LogP contribution in [0.15, 0.2) is 35.1 Å². The fraction of sp³-hybridized carbons (Fsp3) is 0.167. The van der Waals surface area contributed by atoms with Gasteiger partial charge in [0.1, 0.15) is 5.82 Å². The third kappa shape index (κ3) is 3.23. The average Bonchev–Trinajstić information content (AvgIpc) is 2.32. The summed E-state index contributed by atoms with van der Waals surface area (Å²) in [6, 6.07) is 4.57. The van der Waals surface area contributed by atoms with Gasteiger partial charge in [0.15, 0.2) is 0 Å². The van der Waals surface area contributed by atoms with Crippen molar-refractivity contribution >= 4 is 21.9 Å². The number of hydrogen-bond acceptors (Lipinski definition) is 3. The van der Waals surface area contributed by atoms with Crippen LogP contribution in [0.1, 0.15) is 11.1 Å². The maximum atomic E-state index is 13.0. The first kappa shape index (κ1) is 12.0. The van der Waals surface area contributed by atoms with Crippen LogP contribution in [-0.2, 0) is 6.54 Å². The summed E-state index contributed by atoms with van der Waals surface area (Å²) in [5, 5.41) is 3.04. The van der Waals surface area contributed by atoms with Crippen LogP contribution in [0, 0.1) is 12.7 Å². The van der Waals surface area contributed by atoms with Crippen LogP contribution in [0.2, 0.25) is 0 Å². The van der Waals surface area contributed by atoms with E-state index in [4.69, 9.17) is 0 Å². The van der Waals surface area contributed by atoms with Crippen molar-refractivity contribution in [2.75, 3.05) is 5.32 Å². The fourth-order valence-electron chi connectivity index (χ4n) is 1.34. The first-order valence-electron chi connectivity index (χ1n) is 5.11. The van der Waals surface area contributed by atoms with Gasteiger partial charge in [0.05, 0.1) is 0 Å². The Morgan fingerprint density at radius 1 is 1.29 bits per heavy atom. The van der Waals surface area contributed by atoms with Crippen LogP contribution in [0.4, 0.5) is 10.3 Å². The van der Waals surface area contributed by atoms with E-state index in [0.29, 0.717) is 12.5 Å². The van der Waals surface area contributed by atoms with E-state index in [0.717, 1.165) is 15.6 Å². The smallest absolute Gasteiger partial charge is 0.222 e. The summed E-state index contributed by atoms with van der Waals surface area (Å²) in [7, 11) is 0. The van der Waals surface area contributed by atoms with Crippen LogP contribution in [0.5, 0.6) is 0 Å². The molecule has 2 rings (SSSR count). The van der Waals surface area contributed by atoms with Gasteiger partial charge in [0.2, 0.25) is 5.95 Å². The zero-order valence-electron chi connectivity index (χ0n) is 9.24. The van der Waals surface area contributed by atoms with Gasteiger partial charge in [-0.3, -0.25) is 0 Å². The first-order chi connectivity index (χ1) is 8.15. The molecule has 2 aromatic rings. The average molecular weight is 296 g/mol. The summed E-state index contributed by atoms with van der Waals surface area (Å²) >= 11 is 3.37. The third-order valence-electron chi connectivity index (χ3n) is 2.23. The van der Waals surface area contributed by atoms with Crippen LogP contribution in [0.3, 0.4) is 0 Å². The van der Waals surface area contributed by atoms with Crippen molar-refractivity contribution in [1.82, 2.24) is 9.97 Å². The monoisotopic (exact) mass is 295 g/mol. The molecule has 1 aromatic carbocycles. The SMILES string of the molecule is Cc1cnc(NCc2cc(F)ccc2Br)nc1. The van der Waals surface area contributed by atoms with Crippen molar-refractivity contribution in [2.45, 2.75) is 13.5 Å². The second kappa shape index (κ2) is 5.23. The summed E-state index contributed by atoms with van der Waals surface area (Å²) in [6.07, 6.45) is 3.46. The largest absolute Gasteiger partial charge is 0.350 e. The van der Waals surface area contributed by atoms with Crippen LogP contribution in [-0.4, -0.2) is 9.97 Å². The molecular weight excluding hydrogens is 285 g/mol. The topological polar surface area (TPSA) is 37.8 Å². The second-order valence-corrected chi connectivity index (χ2v) is 4.53. The minimum Gasteiger partial charge on any atom is -0.350 e. The summed E-state index contributed by atoms with van der Waals surface area (Å²) in [6.45, 7) is 2.40. The maximum Gasteiger partial charge on any atom is 0.222 e. The molecule has 0 aliphatic heterocycles. The van der Waals surface area contributed by atoms with Crippen molar-refractivity contribution in [1.29, 1.82) is 0 Å². The highest BCUT2D eigenvalue weighted by atomic mass is 79.9. The number of nitrogens with zero attached hydrogens (tertiary/aromatic N) is 2. The third-order valence-corrected chi connectivity index (χ3v) is 3.00. The molecule has 5 heteroatoms. The zero-order chi connectivity index (χ0) is 12.3. The minimum absolute atomic E-state index is 0.255. The molecule has 0 aliphatic carbocycles. The van der Waals surface area contributed by atoms with Gasteiger partial charge in [0, 0.05) is 23.4 Å². The van der Waals surface area contributed by atoms with Crippen LogP contribution in [0.25, 0.3) is 0 Å². The highest BCUT2D eigenvalue weighted by Crippen LogP contribution is 2.18. The maximum absolute atomic E-state index is 13.0. The lowest BCUT2D eigenvalue weighted by atomic mass is 10.2. The molecule has 0 unspecified atom stereocenters. The Bertz CT molecular complexity index is 514. The quantitative estimate of drug-likeness (QED) is 0.944. The van der Waals surface area contributed by atoms with Gasteiger partial charge in [-0.1, -0.05) is 15.9 Å². The number of aromatic nitrogens is 2. The van der Waals surface area contributed by atoms with Gasteiger partial charge in [0.25, 0.3) is 0 Å². The fourth-order valence-corrected chi connectivity index (χ4v) is 1.72. The number of aryl methyl sites for hydroxylation is 1. The predicted molar refractivity (Wildman–Crippen MR) is 68.2 cm³/mol. The van der Waals surface area contributed by atoms with Gasteiger partial charge in [-0.05, 0) is 36.2 Å². The lowest BCUT2D eigenvalue weighted by Gasteiger charge is -2.06. The Hall–Kier alpha value is -1.49. The highest BCUT2D eigenvalue weighted by Gasteiger charge is 2.02. The van der Waals surface area contributed by atoms with E-state index in [2.05, 4.69) is 31.2 Å². The summed E-state index contributed by atoms with van der Waals surface area (Å²) < 4.78 is 13.9. The summed E-state index contributed by atoms with van der Waals surface area (Å²) in [4.78, 5) is 8.23. The molecular formula is C12H11BrFN3. The number of hydrogen-bond donors (Lipinski definition) is 1. The van der Waals surface area contributed by atoms with Crippen molar-refractivity contribution in [3.63, 3.8) is 0 Å². The molecule has 0 bridgehead atoms. The van der Waals surface area contributed by atoms with Gasteiger partial charge in [-0.2, -0.15) is 0 Å². The van der Waals surface area contributed by atoms with E-state index in [1.807, 2.05) is 6.92 Å². The minimum atomic E-state index is -0.255. The van der Waals surface area contributed by atoms with E-state index >= 15 is 0 Å². The van der Waals surface area contributed by atoms with Crippen molar-refractivity contribution in [3.8, 4) is 0 Å². The molecule has 17 heavy (non-hydrogen) atoms. The molecule has 1 heterocycles. The normalized spacial score (nSPS) is 10.3. The van der Waals surface area contributed by atoms with Crippen molar-refractivity contribution < 1.29 is 4.39 Å². The molecule has 0 spiro atoms. The number of nitrogens with one attached hydrogen (secondary N) is 1. The Labute approximate surface area is 107 Å². The van der Waals surface area contributed by atoms with E-state index in [1.165, 1.54) is 12.1 Å². The molecule has 0 fully saturated rings. The highest BCUT2D eigenvalue weighted by molar-refractivity contribution is 9.10. The van der Waals surface area contributed by atoms with Gasteiger partial charge >= 0.3 is 0 Å². The number of halogens is 2. The van der Waals surface area contributed by atoms with Gasteiger partial charge in [-0.25, -0.2) is 14.4 Å². The van der Waals surface area contributed by atoms with E-state index < -0.39 is 0 Å². The molecule has 1 aromatic heterocycles. The lowest BCUT2D eigenvalue weighted by Crippen LogP contribution is -2.04. The number of anilines is 1. The predicted octanol–water partition coefficient (Wildman–Crippen LogP) is 3.30. The second-order valence-electron chi connectivity index (χ2n) is 3.67. The summed E-state index contributed by atoms with van der Waals surface area (Å²) in [5.41, 5.74) is 1.83. The molecule has 0 radical (unpaired) electrons.